The number of carbonyl (C=O) groups excluding carboxylic acids is 2. The Morgan fingerprint density at radius 3 is 3.00 bits per heavy atom. The van der Waals surface area contributed by atoms with Crippen LogP contribution in [0.5, 0.6) is 0 Å². The Kier molecular flexibility index (Phi) is 7.02. The van der Waals surface area contributed by atoms with Crippen molar-refractivity contribution in [2.45, 2.75) is 24.9 Å². The van der Waals surface area contributed by atoms with Crippen molar-refractivity contribution in [3.8, 4) is 0 Å². The Balaban J connectivity index is 1.90. The highest BCUT2D eigenvalue weighted by Gasteiger charge is 2.36. The van der Waals surface area contributed by atoms with E-state index >= 15 is 0 Å². The maximum absolute atomic E-state index is 13.7. The van der Waals surface area contributed by atoms with Crippen molar-refractivity contribution in [2.24, 2.45) is 0 Å². The third-order valence-electron chi connectivity index (χ3n) is 4.84. The van der Waals surface area contributed by atoms with Crippen LogP contribution in [-0.4, -0.2) is 58.6 Å². The molecule has 10 heteroatoms. The van der Waals surface area contributed by atoms with Crippen LogP contribution in [0.4, 0.5) is 9.18 Å². The van der Waals surface area contributed by atoms with Crippen LogP contribution < -0.4 is 5.32 Å². The molecule has 3 rings (SSSR count). The number of H-pyrrole nitrogens is 1. The predicted octanol–water partition coefficient (Wildman–Crippen LogP) is 3.15. The molecule has 0 spiro atoms. The minimum atomic E-state index is -0.752. The molecule has 1 aliphatic heterocycles. The summed E-state index contributed by atoms with van der Waals surface area (Å²) in [6, 6.07) is 2.63. The molecule has 0 fully saturated rings. The van der Waals surface area contributed by atoms with E-state index in [2.05, 4.69) is 15.3 Å². The van der Waals surface area contributed by atoms with Gasteiger partial charge in [0.2, 0.25) is 0 Å². The number of aromatic nitrogens is 2. The van der Waals surface area contributed by atoms with Crippen LogP contribution in [0.2, 0.25) is 5.02 Å². The lowest BCUT2D eigenvalue weighted by Gasteiger charge is -2.36. The van der Waals surface area contributed by atoms with Gasteiger partial charge in [0.15, 0.2) is 0 Å². The summed E-state index contributed by atoms with van der Waals surface area (Å²) in [6.07, 6.45) is 4.53. The highest BCUT2D eigenvalue weighted by molar-refractivity contribution is 7.98. The number of benzene rings is 1. The Morgan fingerprint density at radius 2 is 2.31 bits per heavy atom. The van der Waals surface area contributed by atoms with Crippen LogP contribution >= 0.6 is 23.4 Å². The molecule has 1 aliphatic rings. The van der Waals surface area contributed by atoms with Gasteiger partial charge < -0.3 is 19.9 Å². The minimum Gasteiger partial charge on any atom is -0.467 e. The second-order valence-electron chi connectivity index (χ2n) is 6.59. The molecule has 2 aromatic rings. The maximum atomic E-state index is 13.7. The molecule has 0 saturated carbocycles. The summed E-state index contributed by atoms with van der Waals surface area (Å²) in [5.74, 6) is -0.334. The molecule has 1 aromatic heterocycles. The smallest absolute Gasteiger partial charge is 0.328 e. The van der Waals surface area contributed by atoms with E-state index in [1.807, 2.05) is 6.26 Å². The molecule has 0 aliphatic carbocycles. The van der Waals surface area contributed by atoms with E-state index < -0.39 is 29.9 Å². The van der Waals surface area contributed by atoms with Crippen molar-refractivity contribution in [1.29, 1.82) is 0 Å². The van der Waals surface area contributed by atoms with Crippen LogP contribution in [-0.2, 0) is 16.0 Å². The normalized spacial score (nSPS) is 16.8. The molecule has 0 bridgehead atoms. The van der Waals surface area contributed by atoms with Crippen molar-refractivity contribution in [3.63, 3.8) is 0 Å². The number of imidazole rings is 1. The van der Waals surface area contributed by atoms with Gasteiger partial charge in [0.25, 0.3) is 0 Å². The van der Waals surface area contributed by atoms with E-state index in [0.29, 0.717) is 36.4 Å². The third-order valence-corrected chi connectivity index (χ3v) is 5.77. The molecule has 156 valence electrons. The second-order valence-corrected chi connectivity index (χ2v) is 7.99. The van der Waals surface area contributed by atoms with Gasteiger partial charge in [-0.1, -0.05) is 17.7 Å². The monoisotopic (exact) mass is 440 g/mol. The van der Waals surface area contributed by atoms with E-state index in [4.69, 9.17) is 16.3 Å². The van der Waals surface area contributed by atoms with Gasteiger partial charge in [0.1, 0.15) is 17.9 Å². The zero-order valence-electron chi connectivity index (χ0n) is 16.1. The summed E-state index contributed by atoms with van der Waals surface area (Å²) in [4.78, 5) is 34.2. The standard InChI is InChI=1S/C19H22ClFN4O3S/c1-28-18(26)15(6-8-29-2)24-19(27)25-7-5-14-16(23-10-22-14)17(25)11-3-4-13(21)12(20)9-11/h3-4,9-10,15,17H,5-8H2,1-2H3,(H,22,23)(H,24,27)/t15-,17?/m0/s1. The average molecular weight is 441 g/mol. The van der Waals surface area contributed by atoms with Gasteiger partial charge in [-0.3, -0.25) is 0 Å². The fourth-order valence-corrected chi connectivity index (χ4v) is 4.03. The van der Waals surface area contributed by atoms with Gasteiger partial charge in [-0.25, -0.2) is 19.0 Å². The van der Waals surface area contributed by atoms with Gasteiger partial charge >= 0.3 is 12.0 Å². The topological polar surface area (TPSA) is 87.3 Å². The number of fused-ring (bicyclic) bond motifs is 1. The first-order valence-corrected chi connectivity index (χ1v) is 10.8. The van der Waals surface area contributed by atoms with Crippen molar-refractivity contribution < 1.29 is 18.7 Å². The average Bonchev–Trinajstić information content (AvgIpc) is 3.20. The molecule has 1 unspecified atom stereocenters. The van der Waals surface area contributed by atoms with Gasteiger partial charge in [-0.2, -0.15) is 11.8 Å². The van der Waals surface area contributed by atoms with Gasteiger partial charge in [0, 0.05) is 18.7 Å². The first kappa shape index (κ1) is 21.4. The molecular weight excluding hydrogens is 419 g/mol. The fraction of sp³-hybridized carbons (Fsp3) is 0.421. The summed E-state index contributed by atoms with van der Waals surface area (Å²) >= 11 is 7.55. The number of hydrogen-bond donors (Lipinski definition) is 2. The number of esters is 1. The minimum absolute atomic E-state index is 0.0297. The van der Waals surface area contributed by atoms with Crippen LogP contribution in [0, 0.1) is 5.82 Å². The maximum Gasteiger partial charge on any atom is 0.328 e. The fourth-order valence-electron chi connectivity index (χ4n) is 3.37. The first-order valence-electron chi connectivity index (χ1n) is 9.07. The van der Waals surface area contributed by atoms with Crippen LogP contribution in [0.15, 0.2) is 24.5 Å². The largest absolute Gasteiger partial charge is 0.467 e. The lowest BCUT2D eigenvalue weighted by Crippen LogP contribution is -2.51. The molecule has 2 N–H and O–H groups in total. The molecule has 2 atom stereocenters. The number of amides is 2. The van der Waals surface area contributed by atoms with Gasteiger partial charge in [-0.15, -0.1) is 0 Å². The summed E-state index contributed by atoms with van der Waals surface area (Å²) in [5.41, 5.74) is 2.22. The van der Waals surface area contributed by atoms with Gasteiger partial charge in [0.05, 0.1) is 24.2 Å². The quantitative estimate of drug-likeness (QED) is 0.674. The number of rotatable bonds is 6. The predicted molar refractivity (Wildman–Crippen MR) is 110 cm³/mol. The summed E-state index contributed by atoms with van der Waals surface area (Å²) in [5, 5.41) is 2.75. The second kappa shape index (κ2) is 9.49. The number of urea groups is 1. The van der Waals surface area contributed by atoms with Crippen molar-refractivity contribution >= 4 is 35.4 Å². The van der Waals surface area contributed by atoms with E-state index in [1.54, 1.807) is 29.1 Å². The summed E-state index contributed by atoms with van der Waals surface area (Å²) < 4.78 is 18.5. The lowest BCUT2D eigenvalue weighted by atomic mass is 9.96. The van der Waals surface area contributed by atoms with E-state index in [0.717, 1.165) is 5.69 Å². The van der Waals surface area contributed by atoms with Crippen molar-refractivity contribution in [2.75, 3.05) is 25.7 Å². The van der Waals surface area contributed by atoms with E-state index in [-0.39, 0.29) is 5.02 Å². The summed E-state index contributed by atoms with van der Waals surface area (Å²) in [7, 11) is 1.29. The number of hydrogen-bond acceptors (Lipinski definition) is 5. The number of carbonyl (C=O) groups is 2. The number of nitrogens with zero attached hydrogens (tertiary/aromatic N) is 2. The Morgan fingerprint density at radius 1 is 1.52 bits per heavy atom. The molecule has 2 heterocycles. The number of halogens is 2. The zero-order valence-corrected chi connectivity index (χ0v) is 17.6. The molecule has 2 amide bonds. The zero-order chi connectivity index (χ0) is 21.0. The molecule has 7 nitrogen and oxygen atoms in total. The highest BCUT2D eigenvalue weighted by Crippen LogP contribution is 2.35. The van der Waals surface area contributed by atoms with Crippen molar-refractivity contribution in [1.82, 2.24) is 20.2 Å². The Labute approximate surface area is 177 Å². The number of ether oxygens (including phenoxy) is 1. The number of aromatic amines is 1. The van der Waals surface area contributed by atoms with Crippen LogP contribution in [0.3, 0.4) is 0 Å². The number of thioether (sulfide) groups is 1. The van der Waals surface area contributed by atoms with Crippen LogP contribution in [0.25, 0.3) is 0 Å². The third kappa shape index (κ3) is 4.67. The highest BCUT2D eigenvalue weighted by atomic mass is 35.5. The first-order chi connectivity index (χ1) is 14.0. The molecule has 0 radical (unpaired) electrons. The molecular formula is C19H22ClFN4O3S. The van der Waals surface area contributed by atoms with E-state index in [1.165, 1.54) is 19.2 Å². The summed E-state index contributed by atoms with van der Waals surface area (Å²) in [6.45, 7) is 0.400. The molecule has 1 aromatic carbocycles. The molecule has 0 saturated heterocycles. The number of methoxy groups -OCH3 is 1. The lowest BCUT2D eigenvalue weighted by molar-refractivity contribution is -0.142. The number of nitrogens with one attached hydrogen (secondary N) is 2. The van der Waals surface area contributed by atoms with E-state index in [9.17, 15) is 14.0 Å². The van der Waals surface area contributed by atoms with Gasteiger partial charge in [-0.05, 0) is 36.1 Å². The SMILES string of the molecule is COC(=O)[C@H](CCSC)NC(=O)N1CCc2[nH]cnc2C1c1ccc(F)c(Cl)c1. The Hall–Kier alpha value is -2.26. The van der Waals surface area contributed by atoms with Crippen LogP contribution in [0.1, 0.15) is 29.4 Å². The van der Waals surface area contributed by atoms with Crippen molar-refractivity contribution in [3.05, 3.63) is 52.3 Å². The Bertz CT molecular complexity index is 894. The molecule has 29 heavy (non-hydrogen) atoms.